The fourth-order valence-electron chi connectivity index (χ4n) is 2.63. The van der Waals surface area contributed by atoms with Crippen molar-refractivity contribution in [1.82, 2.24) is 0 Å². The van der Waals surface area contributed by atoms with Crippen LogP contribution >= 0.6 is 0 Å². The molecule has 0 aliphatic heterocycles. The van der Waals surface area contributed by atoms with Crippen LogP contribution in [-0.4, -0.2) is 28.8 Å². The molecule has 0 unspecified atom stereocenters. The Morgan fingerprint density at radius 2 is 1.54 bits per heavy atom. The number of carbonyl (C=O) groups excluding carboxylic acids is 2. The van der Waals surface area contributed by atoms with Crippen molar-refractivity contribution in [2.24, 2.45) is 0 Å². The van der Waals surface area contributed by atoms with E-state index in [-0.39, 0.29) is 48.1 Å². The van der Waals surface area contributed by atoms with E-state index in [9.17, 15) is 19.8 Å². The average molecular weight is 359 g/mol. The Bertz CT molecular complexity index is 890. The molecule has 5 nitrogen and oxygen atoms in total. The highest BCUT2D eigenvalue weighted by atomic mass is 16.5. The van der Waals surface area contributed by atoms with Crippen molar-refractivity contribution in [3.63, 3.8) is 0 Å². The lowest BCUT2D eigenvalue weighted by molar-refractivity contribution is -0.126. The van der Waals surface area contributed by atoms with Gasteiger partial charge in [-0.2, -0.15) is 0 Å². The number of rotatable bonds is 9. The second kappa shape index (κ2) is 9.04. The lowest BCUT2D eigenvalue weighted by Crippen LogP contribution is -2.09. The third-order valence-corrected chi connectivity index (χ3v) is 4.17. The fourth-order valence-corrected chi connectivity index (χ4v) is 2.63. The Labute approximate surface area is 157 Å². The van der Waals surface area contributed by atoms with Gasteiger partial charge in [0.05, 0.1) is 17.6 Å². The van der Waals surface area contributed by atoms with Gasteiger partial charge in [0.1, 0.15) is 17.3 Å². The van der Waals surface area contributed by atoms with Crippen molar-refractivity contribution in [3.05, 3.63) is 53.1 Å². The van der Waals surface area contributed by atoms with Crippen LogP contribution in [0, 0.1) is 6.92 Å². The second-order valence-electron chi connectivity index (χ2n) is 6.28. The van der Waals surface area contributed by atoms with Crippen LogP contribution in [0.2, 0.25) is 0 Å². The first-order valence-corrected chi connectivity index (χ1v) is 8.36. The van der Waals surface area contributed by atoms with Crippen molar-refractivity contribution >= 4 is 11.6 Å². The zero-order valence-corrected chi connectivity index (χ0v) is 14.6. The van der Waals surface area contributed by atoms with Gasteiger partial charge in [-0.1, -0.05) is 18.2 Å². The molecule has 0 atom stereocenters. The number of Topliss-reactive ketones (excluding diaryl/α,β-unsaturated/α-hetero) is 2. The molecule has 26 heavy (non-hydrogen) atoms. The van der Waals surface area contributed by atoms with Crippen LogP contribution in [0.4, 0.5) is 0 Å². The summed E-state index contributed by atoms with van der Waals surface area (Å²) in [6, 6.07) is 9.41. The first kappa shape index (κ1) is 15.4. The van der Waals surface area contributed by atoms with Gasteiger partial charge < -0.3 is 14.9 Å². The average Bonchev–Trinajstić information content (AvgIpc) is 2.62. The molecule has 138 valence electrons. The number of ether oxygens (including phenoxy) is 1. The van der Waals surface area contributed by atoms with Gasteiger partial charge in [0, 0.05) is 12.8 Å². The van der Waals surface area contributed by atoms with Crippen molar-refractivity contribution in [1.29, 1.82) is 0 Å². The van der Waals surface area contributed by atoms with Gasteiger partial charge in [0.2, 0.25) is 0 Å². The number of carbonyl (C=O) groups is 2. The van der Waals surface area contributed by atoms with Crippen molar-refractivity contribution in [2.75, 3.05) is 7.04 Å². The highest BCUT2D eigenvalue weighted by Gasteiger charge is 2.11. The SMILES string of the molecule is [2H]C([2H])([2H])Oc1cc(CCC(=O)CC(=O)CCc2ccc(O)c(C)c2)ccc1O. The normalized spacial score (nSPS) is 12.7. The van der Waals surface area contributed by atoms with Gasteiger partial charge in [-0.05, 0) is 54.7 Å². The van der Waals surface area contributed by atoms with Gasteiger partial charge in [0.25, 0.3) is 0 Å². The number of phenolic OH excluding ortho intramolecular Hbond substituents is 2. The minimum Gasteiger partial charge on any atom is -0.508 e. The highest BCUT2D eigenvalue weighted by molar-refractivity contribution is 5.99. The predicted molar refractivity (Wildman–Crippen MR) is 98.8 cm³/mol. The summed E-state index contributed by atoms with van der Waals surface area (Å²) >= 11 is 0. The van der Waals surface area contributed by atoms with Crippen molar-refractivity contribution < 1.29 is 28.7 Å². The zero-order valence-electron chi connectivity index (χ0n) is 17.6. The van der Waals surface area contributed by atoms with Crippen LogP contribution < -0.4 is 4.74 Å². The van der Waals surface area contributed by atoms with Gasteiger partial charge in [-0.3, -0.25) is 9.59 Å². The van der Waals surface area contributed by atoms with Gasteiger partial charge in [-0.25, -0.2) is 0 Å². The largest absolute Gasteiger partial charge is 0.508 e. The van der Waals surface area contributed by atoms with Crippen LogP contribution in [0.15, 0.2) is 36.4 Å². The number of hydrogen-bond acceptors (Lipinski definition) is 5. The van der Waals surface area contributed by atoms with Crippen LogP contribution in [0.5, 0.6) is 17.2 Å². The topological polar surface area (TPSA) is 83.8 Å². The number of benzene rings is 2. The third-order valence-electron chi connectivity index (χ3n) is 4.17. The molecule has 2 N–H and O–H groups in total. The Morgan fingerprint density at radius 3 is 2.12 bits per heavy atom. The first-order valence-electron chi connectivity index (χ1n) is 9.86. The Kier molecular flexibility index (Phi) is 5.37. The van der Waals surface area contributed by atoms with E-state index in [4.69, 9.17) is 8.85 Å². The fraction of sp³-hybridized carbons (Fsp3) is 0.333. The molecule has 0 aliphatic rings. The maximum absolute atomic E-state index is 12.1. The minimum absolute atomic E-state index is 0.127. The van der Waals surface area contributed by atoms with E-state index in [1.165, 1.54) is 12.1 Å². The quantitative estimate of drug-likeness (QED) is 0.670. The Balaban J connectivity index is 1.82. The molecule has 2 aromatic carbocycles. The van der Waals surface area contributed by atoms with Crippen LogP contribution in [0.1, 0.15) is 40.1 Å². The lowest BCUT2D eigenvalue weighted by atomic mass is 10.0. The molecular weight excluding hydrogens is 332 g/mol. The van der Waals surface area contributed by atoms with Crippen LogP contribution in [0.25, 0.3) is 0 Å². The van der Waals surface area contributed by atoms with Crippen LogP contribution in [0.3, 0.4) is 0 Å². The van der Waals surface area contributed by atoms with E-state index < -0.39 is 7.04 Å². The van der Waals surface area contributed by atoms with E-state index in [1.54, 1.807) is 25.1 Å². The van der Waals surface area contributed by atoms with Gasteiger partial charge in [-0.15, -0.1) is 0 Å². The van der Waals surface area contributed by atoms with Gasteiger partial charge in [0.15, 0.2) is 11.5 Å². The number of aryl methyl sites for hydroxylation is 3. The number of ketones is 2. The summed E-state index contributed by atoms with van der Waals surface area (Å²) in [5.74, 6) is -0.621. The molecule has 2 aromatic rings. The summed E-state index contributed by atoms with van der Waals surface area (Å²) in [5.41, 5.74) is 2.29. The summed E-state index contributed by atoms with van der Waals surface area (Å²) < 4.78 is 26.0. The summed E-state index contributed by atoms with van der Waals surface area (Å²) in [5, 5.41) is 19.2. The number of methoxy groups -OCH3 is 1. The molecule has 2 rings (SSSR count). The first-order chi connectivity index (χ1) is 13.5. The molecule has 0 saturated carbocycles. The minimum atomic E-state index is -2.69. The molecular formula is C21H24O5. The standard InChI is InChI=1S/C21H24O5/c1-14-11-15(5-9-19(14)24)3-7-17(22)13-18(23)8-4-16-6-10-20(25)21(12-16)26-2/h5-6,9-12,24-25H,3-4,7-8,13H2,1-2H3/i2D3. The lowest BCUT2D eigenvalue weighted by Gasteiger charge is -2.07. The Morgan fingerprint density at radius 1 is 0.962 bits per heavy atom. The van der Waals surface area contributed by atoms with E-state index in [0.717, 1.165) is 11.1 Å². The molecule has 0 spiro atoms. The summed E-state index contributed by atoms with van der Waals surface area (Å²) in [4.78, 5) is 24.2. The highest BCUT2D eigenvalue weighted by Crippen LogP contribution is 2.26. The molecule has 0 saturated heterocycles. The molecule has 0 aromatic heterocycles. The number of phenols is 2. The van der Waals surface area contributed by atoms with Crippen molar-refractivity contribution in [3.8, 4) is 17.2 Å². The number of aromatic hydroxyl groups is 2. The third kappa shape index (κ3) is 5.62. The maximum atomic E-state index is 12.1. The van der Waals surface area contributed by atoms with E-state index in [0.29, 0.717) is 18.4 Å². The molecule has 0 fully saturated rings. The Hall–Kier alpha value is -2.82. The predicted octanol–water partition coefficient (Wildman–Crippen LogP) is 3.51. The smallest absolute Gasteiger partial charge is 0.160 e. The second-order valence-corrected chi connectivity index (χ2v) is 6.28. The van der Waals surface area contributed by atoms with Gasteiger partial charge >= 0.3 is 0 Å². The summed E-state index contributed by atoms with van der Waals surface area (Å²) in [7, 11) is -2.69. The molecule has 0 heterocycles. The summed E-state index contributed by atoms with van der Waals surface area (Å²) in [6.07, 6.45) is 1.02. The summed E-state index contributed by atoms with van der Waals surface area (Å²) in [6.45, 7) is 1.78. The van der Waals surface area contributed by atoms with Crippen molar-refractivity contribution in [2.45, 2.75) is 39.0 Å². The van der Waals surface area contributed by atoms with E-state index in [1.807, 2.05) is 6.07 Å². The molecule has 0 amide bonds. The molecule has 0 bridgehead atoms. The monoisotopic (exact) mass is 359 g/mol. The zero-order chi connectivity index (χ0) is 21.6. The maximum Gasteiger partial charge on any atom is 0.160 e. The molecule has 5 heteroatoms. The van der Waals surface area contributed by atoms with E-state index >= 15 is 0 Å². The molecule has 0 aliphatic carbocycles. The number of hydrogen-bond donors (Lipinski definition) is 2. The molecule has 0 radical (unpaired) electrons. The van der Waals surface area contributed by atoms with E-state index in [2.05, 4.69) is 0 Å². The van der Waals surface area contributed by atoms with Crippen LogP contribution in [-0.2, 0) is 22.4 Å².